The van der Waals surface area contributed by atoms with Crippen LogP contribution in [0.15, 0.2) is 42.5 Å². The lowest BCUT2D eigenvalue weighted by atomic mass is 10.1. The van der Waals surface area contributed by atoms with Gasteiger partial charge in [-0.05, 0) is 74.6 Å². The van der Waals surface area contributed by atoms with Crippen LogP contribution in [0.25, 0.3) is 0 Å². The van der Waals surface area contributed by atoms with Crippen LogP contribution >= 0.6 is 0 Å². The van der Waals surface area contributed by atoms with Crippen LogP contribution in [0.1, 0.15) is 56.8 Å². The van der Waals surface area contributed by atoms with Gasteiger partial charge in [0.2, 0.25) is 5.91 Å². The number of anilines is 2. The van der Waals surface area contributed by atoms with Gasteiger partial charge in [0.05, 0.1) is 6.61 Å². The topological polar surface area (TPSA) is 97.0 Å². The molecule has 3 amide bonds. The van der Waals surface area contributed by atoms with Crippen molar-refractivity contribution in [3.8, 4) is 11.5 Å². The summed E-state index contributed by atoms with van der Waals surface area (Å²) in [5, 5.41) is 5.69. The molecule has 3 rings (SSSR count). The first kappa shape index (κ1) is 26.1. The molecule has 0 spiro atoms. The number of benzene rings is 2. The fourth-order valence-corrected chi connectivity index (χ4v) is 3.83. The Bertz CT molecular complexity index is 1010. The van der Waals surface area contributed by atoms with E-state index in [9.17, 15) is 14.4 Å². The molecule has 0 aliphatic carbocycles. The number of hydrogen-bond donors (Lipinski definition) is 2. The Hall–Kier alpha value is -3.55. The van der Waals surface area contributed by atoms with E-state index in [-0.39, 0.29) is 30.2 Å². The highest BCUT2D eigenvalue weighted by Crippen LogP contribution is 2.29. The number of carbonyl (C=O) groups is 3. The van der Waals surface area contributed by atoms with Gasteiger partial charge in [-0.25, -0.2) is 0 Å². The minimum atomic E-state index is -0.307. The summed E-state index contributed by atoms with van der Waals surface area (Å²) in [5.74, 6) is 0.726. The Labute approximate surface area is 207 Å². The van der Waals surface area contributed by atoms with Crippen molar-refractivity contribution in [2.45, 2.75) is 46.5 Å². The van der Waals surface area contributed by atoms with Crippen LogP contribution in [0.3, 0.4) is 0 Å². The molecule has 8 nitrogen and oxygen atoms in total. The summed E-state index contributed by atoms with van der Waals surface area (Å²) >= 11 is 0. The maximum absolute atomic E-state index is 12.8. The highest BCUT2D eigenvalue weighted by atomic mass is 16.5. The lowest BCUT2D eigenvalue weighted by molar-refractivity contribution is -0.134. The van der Waals surface area contributed by atoms with Gasteiger partial charge in [0.25, 0.3) is 11.8 Å². The van der Waals surface area contributed by atoms with Crippen LogP contribution in [-0.2, 0) is 9.59 Å². The number of carbonyl (C=O) groups excluding carboxylic acids is 3. The van der Waals surface area contributed by atoms with E-state index in [1.807, 2.05) is 25.7 Å². The zero-order valence-corrected chi connectivity index (χ0v) is 20.8. The molecule has 0 saturated carbocycles. The number of ether oxygens (including phenoxy) is 2. The Morgan fingerprint density at radius 2 is 1.54 bits per heavy atom. The Kier molecular flexibility index (Phi) is 9.52. The van der Waals surface area contributed by atoms with Gasteiger partial charge < -0.3 is 25.0 Å². The van der Waals surface area contributed by atoms with Crippen LogP contribution in [0, 0.1) is 5.92 Å². The third-order valence-corrected chi connectivity index (χ3v) is 5.59. The van der Waals surface area contributed by atoms with Gasteiger partial charge in [0.15, 0.2) is 18.1 Å². The normalized spacial score (nSPS) is 13.3. The molecular weight excluding hydrogens is 446 g/mol. The summed E-state index contributed by atoms with van der Waals surface area (Å²) in [6, 6.07) is 11.9. The molecule has 188 valence electrons. The summed E-state index contributed by atoms with van der Waals surface area (Å²) < 4.78 is 11.4. The van der Waals surface area contributed by atoms with Crippen molar-refractivity contribution in [2.24, 2.45) is 5.92 Å². The number of rotatable bonds is 10. The molecule has 2 N–H and O–H groups in total. The van der Waals surface area contributed by atoms with Crippen molar-refractivity contribution >= 4 is 29.1 Å². The van der Waals surface area contributed by atoms with Crippen molar-refractivity contribution in [1.29, 1.82) is 0 Å². The van der Waals surface area contributed by atoms with E-state index >= 15 is 0 Å². The quantitative estimate of drug-likeness (QED) is 0.512. The molecule has 1 aliphatic heterocycles. The molecule has 1 fully saturated rings. The minimum absolute atomic E-state index is 0.0415. The average molecular weight is 482 g/mol. The smallest absolute Gasteiger partial charge is 0.260 e. The summed E-state index contributed by atoms with van der Waals surface area (Å²) in [6.07, 6.45) is 3.65. The summed E-state index contributed by atoms with van der Waals surface area (Å²) in [6.45, 7) is 7.69. The van der Waals surface area contributed by atoms with Crippen LogP contribution in [0.4, 0.5) is 11.4 Å². The van der Waals surface area contributed by atoms with Crippen molar-refractivity contribution in [3.63, 3.8) is 0 Å². The Balaban J connectivity index is 1.60. The molecule has 0 bridgehead atoms. The van der Waals surface area contributed by atoms with Gasteiger partial charge in [-0.2, -0.15) is 0 Å². The van der Waals surface area contributed by atoms with E-state index in [2.05, 4.69) is 10.6 Å². The Morgan fingerprint density at radius 3 is 2.17 bits per heavy atom. The standard InChI is InChI=1S/C27H35N3O5/c1-4-34-24-17-20(8-13-23(24)35-18-26(32)30-14-6-5-7-15-30)27(33)29-22-11-9-21(10-12-22)28-25(31)16-19(2)3/h8-13,17,19H,4-7,14-16,18H2,1-3H3,(H,28,31)(H,29,33). The van der Waals surface area contributed by atoms with E-state index in [1.54, 1.807) is 42.5 Å². The summed E-state index contributed by atoms with van der Waals surface area (Å²) in [4.78, 5) is 39.0. The fraction of sp³-hybridized carbons (Fsp3) is 0.444. The van der Waals surface area contributed by atoms with E-state index in [1.165, 1.54) is 0 Å². The Morgan fingerprint density at radius 1 is 0.886 bits per heavy atom. The molecule has 0 atom stereocenters. The van der Waals surface area contributed by atoms with Crippen molar-refractivity contribution in [1.82, 2.24) is 4.90 Å². The van der Waals surface area contributed by atoms with Crippen LogP contribution < -0.4 is 20.1 Å². The lowest BCUT2D eigenvalue weighted by Crippen LogP contribution is -2.38. The largest absolute Gasteiger partial charge is 0.490 e. The predicted octanol–water partition coefficient (Wildman–Crippen LogP) is 4.71. The maximum Gasteiger partial charge on any atom is 0.260 e. The number of hydrogen-bond acceptors (Lipinski definition) is 5. The number of piperidine rings is 1. The highest BCUT2D eigenvalue weighted by Gasteiger charge is 2.18. The summed E-state index contributed by atoms with van der Waals surface area (Å²) in [7, 11) is 0. The van der Waals surface area contributed by atoms with Gasteiger partial charge >= 0.3 is 0 Å². The molecule has 35 heavy (non-hydrogen) atoms. The van der Waals surface area contributed by atoms with Crippen LogP contribution in [0.2, 0.25) is 0 Å². The van der Waals surface area contributed by atoms with E-state index < -0.39 is 0 Å². The van der Waals surface area contributed by atoms with E-state index in [0.29, 0.717) is 41.5 Å². The van der Waals surface area contributed by atoms with Crippen molar-refractivity contribution < 1.29 is 23.9 Å². The number of nitrogens with one attached hydrogen (secondary N) is 2. The van der Waals surface area contributed by atoms with Crippen molar-refractivity contribution in [3.05, 3.63) is 48.0 Å². The second kappa shape index (κ2) is 12.8. The second-order valence-corrected chi connectivity index (χ2v) is 9.00. The molecule has 0 unspecified atom stereocenters. The van der Waals surface area contributed by atoms with Gasteiger partial charge in [-0.15, -0.1) is 0 Å². The molecule has 0 radical (unpaired) electrons. The molecular formula is C27H35N3O5. The monoisotopic (exact) mass is 481 g/mol. The van der Waals surface area contributed by atoms with Crippen molar-refractivity contribution in [2.75, 3.05) is 36.9 Å². The first-order valence-corrected chi connectivity index (χ1v) is 12.2. The number of amides is 3. The first-order chi connectivity index (χ1) is 16.9. The molecule has 1 heterocycles. The minimum Gasteiger partial charge on any atom is -0.490 e. The maximum atomic E-state index is 12.8. The van der Waals surface area contributed by atoms with Crippen LogP contribution in [0.5, 0.6) is 11.5 Å². The molecule has 0 aromatic heterocycles. The van der Waals surface area contributed by atoms with Gasteiger partial charge in [0.1, 0.15) is 0 Å². The molecule has 8 heteroatoms. The van der Waals surface area contributed by atoms with E-state index in [0.717, 1.165) is 32.4 Å². The van der Waals surface area contributed by atoms with Gasteiger partial charge in [-0.1, -0.05) is 13.8 Å². The fourth-order valence-electron chi connectivity index (χ4n) is 3.83. The zero-order chi connectivity index (χ0) is 25.2. The molecule has 2 aromatic carbocycles. The number of likely N-dealkylation sites (tertiary alicyclic amines) is 1. The highest BCUT2D eigenvalue weighted by molar-refractivity contribution is 6.04. The second-order valence-electron chi connectivity index (χ2n) is 9.00. The SMILES string of the molecule is CCOc1cc(C(=O)Nc2ccc(NC(=O)CC(C)C)cc2)ccc1OCC(=O)N1CCCCC1. The third-order valence-electron chi connectivity index (χ3n) is 5.59. The van der Waals surface area contributed by atoms with Crippen LogP contribution in [-0.4, -0.2) is 48.9 Å². The van der Waals surface area contributed by atoms with Gasteiger partial charge in [0, 0.05) is 36.4 Å². The molecule has 2 aromatic rings. The summed E-state index contributed by atoms with van der Waals surface area (Å²) in [5.41, 5.74) is 1.67. The molecule has 1 aliphatic rings. The predicted molar refractivity (Wildman–Crippen MR) is 136 cm³/mol. The van der Waals surface area contributed by atoms with E-state index in [4.69, 9.17) is 9.47 Å². The lowest BCUT2D eigenvalue weighted by Gasteiger charge is -2.26. The van der Waals surface area contributed by atoms with Gasteiger partial charge in [-0.3, -0.25) is 14.4 Å². The molecule has 1 saturated heterocycles. The first-order valence-electron chi connectivity index (χ1n) is 12.2. The average Bonchev–Trinajstić information content (AvgIpc) is 2.84. The zero-order valence-electron chi connectivity index (χ0n) is 20.8. The third kappa shape index (κ3) is 8.02. The number of nitrogens with zero attached hydrogens (tertiary/aromatic N) is 1.